The zero-order valence-corrected chi connectivity index (χ0v) is 9.97. The van der Waals surface area contributed by atoms with Gasteiger partial charge in [-0.25, -0.2) is 9.18 Å². The third kappa shape index (κ3) is 2.61. The van der Waals surface area contributed by atoms with Crippen LogP contribution in [0.3, 0.4) is 0 Å². The Morgan fingerprint density at radius 2 is 1.94 bits per heavy atom. The Morgan fingerprint density at radius 1 is 1.28 bits per heavy atom. The van der Waals surface area contributed by atoms with Crippen molar-refractivity contribution in [2.75, 3.05) is 18.0 Å². The van der Waals surface area contributed by atoms with Crippen LogP contribution >= 0.6 is 0 Å². The van der Waals surface area contributed by atoms with Crippen molar-refractivity contribution in [3.8, 4) is 0 Å². The molecule has 0 spiro atoms. The number of carboxylic acids is 1. The maximum Gasteiger partial charge on any atom is 0.337 e. The van der Waals surface area contributed by atoms with E-state index in [-0.39, 0.29) is 5.56 Å². The summed E-state index contributed by atoms with van der Waals surface area (Å²) in [5, 5.41) is 18.0. The smallest absolute Gasteiger partial charge is 0.337 e. The van der Waals surface area contributed by atoms with Gasteiger partial charge < -0.3 is 15.1 Å². The Morgan fingerprint density at radius 3 is 2.50 bits per heavy atom. The monoisotopic (exact) mass is 253 g/mol. The molecule has 4 nitrogen and oxygen atoms in total. The third-order valence-electron chi connectivity index (χ3n) is 3.22. The molecule has 1 fully saturated rings. The van der Waals surface area contributed by atoms with E-state index in [2.05, 4.69) is 0 Å². The van der Waals surface area contributed by atoms with Gasteiger partial charge >= 0.3 is 5.97 Å². The molecule has 0 saturated carbocycles. The van der Waals surface area contributed by atoms with Crippen LogP contribution in [0, 0.1) is 5.82 Å². The fraction of sp³-hybridized carbons (Fsp3) is 0.462. The topological polar surface area (TPSA) is 60.8 Å². The number of piperidine rings is 1. The van der Waals surface area contributed by atoms with Crippen LogP contribution in [0.2, 0.25) is 0 Å². The van der Waals surface area contributed by atoms with Gasteiger partial charge in [-0.2, -0.15) is 0 Å². The fourth-order valence-corrected chi connectivity index (χ4v) is 2.23. The number of hydrogen-bond acceptors (Lipinski definition) is 3. The number of anilines is 1. The molecule has 0 bridgehead atoms. The predicted octanol–water partition coefficient (Wildman–Crippen LogP) is 1.93. The molecule has 18 heavy (non-hydrogen) atoms. The Bertz CT molecular complexity index is 444. The lowest BCUT2D eigenvalue weighted by Gasteiger charge is -2.29. The number of carboxylic acid groups (broad SMARTS) is 1. The first-order chi connectivity index (χ1) is 8.59. The van der Waals surface area contributed by atoms with Crippen molar-refractivity contribution in [3.63, 3.8) is 0 Å². The van der Waals surface area contributed by atoms with Crippen molar-refractivity contribution < 1.29 is 19.4 Å². The van der Waals surface area contributed by atoms with E-state index in [1.54, 1.807) is 6.07 Å². The molecule has 1 aromatic rings. The van der Waals surface area contributed by atoms with Gasteiger partial charge in [0.05, 0.1) is 5.69 Å². The molecule has 1 aromatic carbocycles. The number of nitrogens with zero attached hydrogens (tertiary/aromatic N) is 1. The lowest BCUT2D eigenvalue weighted by Crippen LogP contribution is -2.30. The number of benzene rings is 1. The van der Waals surface area contributed by atoms with Gasteiger partial charge in [0, 0.05) is 13.1 Å². The van der Waals surface area contributed by atoms with E-state index >= 15 is 0 Å². The summed E-state index contributed by atoms with van der Waals surface area (Å²) in [6.45, 7) is 1.63. The zero-order valence-electron chi connectivity index (χ0n) is 9.97. The summed E-state index contributed by atoms with van der Waals surface area (Å²) in [5.74, 6) is -1.85. The summed E-state index contributed by atoms with van der Waals surface area (Å²) < 4.78 is 13.9. The van der Waals surface area contributed by atoms with Crippen LogP contribution in [0.5, 0.6) is 0 Å². The minimum Gasteiger partial charge on any atom is -0.479 e. The molecule has 0 radical (unpaired) electrons. The zero-order chi connectivity index (χ0) is 13.1. The first kappa shape index (κ1) is 12.8. The molecule has 2 rings (SSSR count). The molecule has 98 valence electrons. The summed E-state index contributed by atoms with van der Waals surface area (Å²) in [7, 11) is 0. The van der Waals surface area contributed by atoms with Crippen LogP contribution in [0.25, 0.3) is 0 Å². The normalized spacial score (nSPS) is 17.6. The Kier molecular flexibility index (Phi) is 3.81. The van der Waals surface area contributed by atoms with Crippen LogP contribution in [0.15, 0.2) is 18.2 Å². The summed E-state index contributed by atoms with van der Waals surface area (Å²) in [5.41, 5.74) is 0.553. The van der Waals surface area contributed by atoms with Crippen molar-refractivity contribution in [2.24, 2.45) is 0 Å². The van der Waals surface area contributed by atoms with E-state index in [0.717, 1.165) is 38.4 Å². The van der Waals surface area contributed by atoms with Crippen molar-refractivity contribution in [2.45, 2.75) is 25.4 Å². The second-order valence-electron chi connectivity index (χ2n) is 4.50. The summed E-state index contributed by atoms with van der Waals surface area (Å²) in [6, 6.07) is 4.11. The van der Waals surface area contributed by atoms with Crippen LogP contribution < -0.4 is 4.90 Å². The molecule has 1 atom stereocenters. The minimum absolute atomic E-state index is 0.0701. The highest BCUT2D eigenvalue weighted by Gasteiger charge is 2.20. The van der Waals surface area contributed by atoms with Crippen molar-refractivity contribution >= 4 is 11.7 Å². The second-order valence-corrected chi connectivity index (χ2v) is 4.50. The number of carbonyl (C=O) groups is 1. The van der Waals surface area contributed by atoms with Gasteiger partial charge in [-0.3, -0.25) is 0 Å². The number of aliphatic carboxylic acids is 1. The van der Waals surface area contributed by atoms with E-state index in [1.165, 1.54) is 6.07 Å². The van der Waals surface area contributed by atoms with Gasteiger partial charge in [0.25, 0.3) is 0 Å². The molecule has 1 heterocycles. The van der Waals surface area contributed by atoms with Gasteiger partial charge in [0.2, 0.25) is 0 Å². The maximum absolute atomic E-state index is 13.9. The van der Waals surface area contributed by atoms with Gasteiger partial charge in [-0.15, -0.1) is 0 Å². The molecule has 5 heteroatoms. The molecular formula is C13H16FNO3. The molecule has 0 aromatic heterocycles. The van der Waals surface area contributed by atoms with Gasteiger partial charge in [0.1, 0.15) is 5.82 Å². The SMILES string of the molecule is O=C(O)C(O)c1ccc(N2CCCCC2)c(F)c1. The number of halogens is 1. The van der Waals surface area contributed by atoms with E-state index in [4.69, 9.17) is 5.11 Å². The number of rotatable bonds is 3. The molecule has 1 unspecified atom stereocenters. The molecular weight excluding hydrogens is 237 g/mol. The van der Waals surface area contributed by atoms with Crippen LogP contribution in [0.4, 0.5) is 10.1 Å². The average molecular weight is 253 g/mol. The second kappa shape index (κ2) is 5.35. The van der Waals surface area contributed by atoms with Gasteiger partial charge in [0.15, 0.2) is 6.10 Å². The number of aliphatic hydroxyl groups excluding tert-OH is 1. The first-order valence-corrected chi connectivity index (χ1v) is 6.05. The van der Waals surface area contributed by atoms with Crippen LogP contribution in [-0.2, 0) is 4.79 Å². The summed E-state index contributed by atoms with van der Waals surface area (Å²) in [6.07, 6.45) is 1.57. The molecule has 0 aliphatic carbocycles. The standard InChI is InChI=1S/C13H16FNO3/c14-10-8-9(12(16)13(17)18)4-5-11(10)15-6-2-1-3-7-15/h4-5,8,12,16H,1-3,6-7H2,(H,17,18). The van der Waals surface area contributed by atoms with E-state index in [1.807, 2.05) is 4.90 Å². The fourth-order valence-electron chi connectivity index (χ4n) is 2.23. The molecule has 1 aliphatic heterocycles. The number of hydrogen-bond donors (Lipinski definition) is 2. The van der Waals surface area contributed by atoms with Crippen LogP contribution in [0.1, 0.15) is 30.9 Å². The lowest BCUT2D eigenvalue weighted by molar-refractivity contribution is -0.146. The maximum atomic E-state index is 13.9. The van der Waals surface area contributed by atoms with Gasteiger partial charge in [-0.1, -0.05) is 6.07 Å². The number of aliphatic hydroxyl groups is 1. The minimum atomic E-state index is -1.67. The summed E-state index contributed by atoms with van der Waals surface area (Å²) >= 11 is 0. The van der Waals surface area contributed by atoms with Crippen molar-refractivity contribution in [1.29, 1.82) is 0 Å². The molecule has 0 amide bonds. The van der Waals surface area contributed by atoms with Crippen LogP contribution in [-0.4, -0.2) is 29.3 Å². The largest absolute Gasteiger partial charge is 0.479 e. The van der Waals surface area contributed by atoms with Gasteiger partial charge in [-0.05, 0) is 37.0 Å². The Balaban J connectivity index is 2.21. The average Bonchev–Trinajstić information content (AvgIpc) is 2.38. The molecule has 1 aliphatic rings. The quantitative estimate of drug-likeness (QED) is 0.864. The Labute approximate surface area is 105 Å². The first-order valence-electron chi connectivity index (χ1n) is 6.05. The predicted molar refractivity (Wildman–Crippen MR) is 65.1 cm³/mol. The van der Waals surface area contributed by atoms with E-state index < -0.39 is 17.9 Å². The van der Waals surface area contributed by atoms with Crippen molar-refractivity contribution in [1.82, 2.24) is 0 Å². The lowest BCUT2D eigenvalue weighted by atomic mass is 10.1. The highest BCUT2D eigenvalue weighted by Crippen LogP contribution is 2.26. The van der Waals surface area contributed by atoms with E-state index in [0.29, 0.717) is 5.69 Å². The highest BCUT2D eigenvalue weighted by molar-refractivity contribution is 5.74. The Hall–Kier alpha value is -1.62. The third-order valence-corrected chi connectivity index (χ3v) is 3.22. The summed E-state index contributed by atoms with van der Waals surface area (Å²) in [4.78, 5) is 12.6. The van der Waals surface area contributed by atoms with Crippen molar-refractivity contribution in [3.05, 3.63) is 29.6 Å². The highest BCUT2D eigenvalue weighted by atomic mass is 19.1. The van der Waals surface area contributed by atoms with E-state index in [9.17, 15) is 14.3 Å². The molecule has 2 N–H and O–H groups in total. The molecule has 1 saturated heterocycles.